The maximum absolute atomic E-state index is 14.0. The Morgan fingerprint density at radius 2 is 2.20 bits per heavy atom. The number of hydrogen-bond acceptors (Lipinski definition) is 4. The maximum Gasteiger partial charge on any atom is 0.143 e. The van der Waals surface area contributed by atoms with Gasteiger partial charge in [0.05, 0.1) is 16.2 Å². The van der Waals surface area contributed by atoms with Crippen molar-refractivity contribution in [2.75, 3.05) is 6.54 Å². The average molecular weight is 362 g/mol. The molecule has 20 heavy (non-hydrogen) atoms. The zero-order valence-corrected chi connectivity index (χ0v) is 13.3. The molecule has 0 spiro atoms. The SMILES string of the molecule is CCCNC(Cc1c(F)ccc(Br)c1F)c1csnn1. The first-order valence-electron chi connectivity index (χ1n) is 6.26. The first-order valence-corrected chi connectivity index (χ1v) is 7.89. The molecular weight excluding hydrogens is 348 g/mol. The van der Waals surface area contributed by atoms with E-state index in [2.05, 4.69) is 30.8 Å². The van der Waals surface area contributed by atoms with E-state index in [1.165, 1.54) is 23.7 Å². The van der Waals surface area contributed by atoms with Gasteiger partial charge in [-0.05, 0) is 59.0 Å². The highest BCUT2D eigenvalue weighted by Crippen LogP contribution is 2.26. The lowest BCUT2D eigenvalue weighted by molar-refractivity contribution is 0.481. The van der Waals surface area contributed by atoms with E-state index in [1.54, 1.807) is 5.38 Å². The van der Waals surface area contributed by atoms with E-state index in [-0.39, 0.29) is 22.5 Å². The van der Waals surface area contributed by atoms with E-state index in [1.807, 2.05) is 6.92 Å². The fourth-order valence-electron chi connectivity index (χ4n) is 1.88. The van der Waals surface area contributed by atoms with Crippen LogP contribution in [0.4, 0.5) is 8.78 Å². The highest BCUT2D eigenvalue weighted by atomic mass is 79.9. The molecule has 1 unspecified atom stereocenters. The van der Waals surface area contributed by atoms with Crippen LogP contribution < -0.4 is 5.32 Å². The van der Waals surface area contributed by atoms with Crippen molar-refractivity contribution in [3.8, 4) is 0 Å². The lowest BCUT2D eigenvalue weighted by Crippen LogP contribution is -2.25. The van der Waals surface area contributed by atoms with Crippen molar-refractivity contribution in [3.05, 3.63) is 44.9 Å². The van der Waals surface area contributed by atoms with Crippen LogP contribution in [-0.2, 0) is 6.42 Å². The fraction of sp³-hybridized carbons (Fsp3) is 0.385. The summed E-state index contributed by atoms with van der Waals surface area (Å²) in [6.45, 7) is 2.78. The molecule has 0 amide bonds. The second-order valence-corrected chi connectivity index (χ2v) is 5.83. The second-order valence-electron chi connectivity index (χ2n) is 4.36. The summed E-state index contributed by atoms with van der Waals surface area (Å²) in [7, 11) is 0. The smallest absolute Gasteiger partial charge is 0.143 e. The molecule has 0 saturated carbocycles. The van der Waals surface area contributed by atoms with Crippen LogP contribution in [0, 0.1) is 11.6 Å². The zero-order valence-electron chi connectivity index (χ0n) is 10.9. The molecule has 7 heteroatoms. The molecule has 0 aliphatic carbocycles. The zero-order chi connectivity index (χ0) is 14.5. The minimum Gasteiger partial charge on any atom is -0.308 e. The Labute approximate surface area is 128 Å². The summed E-state index contributed by atoms with van der Waals surface area (Å²) in [5.41, 5.74) is 0.767. The lowest BCUT2D eigenvalue weighted by atomic mass is 10.0. The molecule has 2 aromatic rings. The predicted octanol–water partition coefficient (Wildman–Crippen LogP) is 3.86. The number of benzene rings is 1. The van der Waals surface area contributed by atoms with Gasteiger partial charge in [-0.3, -0.25) is 0 Å². The van der Waals surface area contributed by atoms with Crippen molar-refractivity contribution in [2.45, 2.75) is 25.8 Å². The minimum atomic E-state index is -0.559. The topological polar surface area (TPSA) is 37.8 Å². The van der Waals surface area contributed by atoms with Crippen LogP contribution in [0.1, 0.15) is 30.6 Å². The highest BCUT2D eigenvalue weighted by Gasteiger charge is 2.20. The Bertz CT molecular complexity index is 563. The van der Waals surface area contributed by atoms with Gasteiger partial charge >= 0.3 is 0 Å². The quantitative estimate of drug-likeness (QED) is 0.793. The molecule has 0 bridgehead atoms. The Morgan fingerprint density at radius 1 is 1.40 bits per heavy atom. The molecule has 1 aromatic heterocycles. The fourth-order valence-corrected chi connectivity index (χ4v) is 2.76. The molecule has 0 aliphatic rings. The predicted molar refractivity (Wildman–Crippen MR) is 78.7 cm³/mol. The van der Waals surface area contributed by atoms with E-state index < -0.39 is 11.6 Å². The van der Waals surface area contributed by atoms with Gasteiger partial charge in [0.2, 0.25) is 0 Å². The summed E-state index contributed by atoms with van der Waals surface area (Å²) < 4.78 is 31.9. The number of halogens is 3. The molecule has 1 N–H and O–H groups in total. The highest BCUT2D eigenvalue weighted by molar-refractivity contribution is 9.10. The van der Waals surface area contributed by atoms with E-state index in [0.29, 0.717) is 5.69 Å². The Morgan fingerprint density at radius 3 is 2.85 bits per heavy atom. The molecule has 0 radical (unpaired) electrons. The molecule has 0 aliphatic heterocycles. The van der Waals surface area contributed by atoms with Crippen molar-refractivity contribution in [3.63, 3.8) is 0 Å². The third-order valence-electron chi connectivity index (χ3n) is 2.92. The van der Waals surface area contributed by atoms with E-state index in [4.69, 9.17) is 0 Å². The Hall–Kier alpha value is -0.920. The van der Waals surface area contributed by atoms with Crippen LogP contribution in [-0.4, -0.2) is 16.1 Å². The largest absolute Gasteiger partial charge is 0.308 e. The van der Waals surface area contributed by atoms with Gasteiger partial charge in [-0.25, -0.2) is 8.78 Å². The summed E-state index contributed by atoms with van der Waals surface area (Å²) in [5.74, 6) is -1.10. The number of nitrogens with one attached hydrogen (secondary N) is 1. The third kappa shape index (κ3) is 3.59. The van der Waals surface area contributed by atoms with Gasteiger partial charge in [-0.2, -0.15) is 0 Å². The molecule has 0 fully saturated rings. The maximum atomic E-state index is 14.0. The van der Waals surface area contributed by atoms with Crippen molar-refractivity contribution < 1.29 is 8.78 Å². The molecule has 1 aromatic carbocycles. The average Bonchev–Trinajstić information content (AvgIpc) is 2.96. The summed E-state index contributed by atoms with van der Waals surface area (Å²) in [5, 5.41) is 9.04. The van der Waals surface area contributed by atoms with E-state index in [9.17, 15) is 8.78 Å². The monoisotopic (exact) mass is 361 g/mol. The van der Waals surface area contributed by atoms with Crippen LogP contribution in [0.5, 0.6) is 0 Å². The van der Waals surface area contributed by atoms with Crippen LogP contribution in [0.2, 0.25) is 0 Å². The van der Waals surface area contributed by atoms with Gasteiger partial charge in [0.15, 0.2) is 0 Å². The van der Waals surface area contributed by atoms with E-state index >= 15 is 0 Å². The van der Waals surface area contributed by atoms with Crippen molar-refractivity contribution >= 4 is 27.5 Å². The third-order valence-corrected chi connectivity index (χ3v) is 4.06. The summed E-state index contributed by atoms with van der Waals surface area (Å²) in [6, 6.07) is 2.39. The molecule has 1 atom stereocenters. The van der Waals surface area contributed by atoms with Gasteiger partial charge in [0.1, 0.15) is 11.6 Å². The number of nitrogens with zero attached hydrogens (tertiary/aromatic N) is 2. The van der Waals surface area contributed by atoms with Gasteiger partial charge in [0, 0.05) is 10.9 Å². The van der Waals surface area contributed by atoms with Crippen molar-refractivity contribution in [2.24, 2.45) is 0 Å². The summed E-state index contributed by atoms with van der Waals surface area (Å²) >= 11 is 4.31. The second kappa shape index (κ2) is 7.19. The Kier molecular flexibility index (Phi) is 5.56. The Balaban J connectivity index is 2.26. The lowest BCUT2D eigenvalue weighted by Gasteiger charge is -2.17. The van der Waals surface area contributed by atoms with Gasteiger partial charge in [0.25, 0.3) is 0 Å². The summed E-state index contributed by atoms with van der Waals surface area (Å²) in [6.07, 6.45) is 1.13. The van der Waals surface area contributed by atoms with Crippen LogP contribution in [0.15, 0.2) is 22.0 Å². The normalized spacial score (nSPS) is 12.6. The van der Waals surface area contributed by atoms with Crippen LogP contribution >= 0.6 is 27.5 Å². The van der Waals surface area contributed by atoms with Crippen LogP contribution in [0.25, 0.3) is 0 Å². The van der Waals surface area contributed by atoms with E-state index in [0.717, 1.165) is 13.0 Å². The number of hydrogen-bond donors (Lipinski definition) is 1. The molecule has 2 rings (SSSR count). The molecule has 1 heterocycles. The molecule has 0 saturated heterocycles. The van der Waals surface area contributed by atoms with Gasteiger partial charge in [-0.1, -0.05) is 11.4 Å². The summed E-state index contributed by atoms with van der Waals surface area (Å²) in [4.78, 5) is 0. The van der Waals surface area contributed by atoms with Gasteiger partial charge in [-0.15, -0.1) is 5.10 Å². The van der Waals surface area contributed by atoms with Crippen LogP contribution in [0.3, 0.4) is 0 Å². The molecule has 3 nitrogen and oxygen atoms in total. The molecule has 108 valence electrons. The number of rotatable bonds is 6. The molecular formula is C13H14BrF2N3S. The first kappa shape index (κ1) is 15.5. The van der Waals surface area contributed by atoms with Crippen molar-refractivity contribution in [1.29, 1.82) is 0 Å². The first-order chi connectivity index (χ1) is 9.63. The minimum absolute atomic E-state index is 0.0565. The van der Waals surface area contributed by atoms with Crippen molar-refractivity contribution in [1.82, 2.24) is 14.9 Å². The number of aromatic nitrogens is 2. The van der Waals surface area contributed by atoms with Gasteiger partial charge < -0.3 is 5.32 Å². The standard InChI is InChI=1S/C13H14BrF2N3S/c1-2-5-17-11(12-7-20-19-18-12)6-8-10(15)4-3-9(14)13(8)16/h3-4,7,11,17H,2,5-6H2,1H3.